The van der Waals surface area contributed by atoms with Gasteiger partial charge < -0.3 is 10.8 Å². The van der Waals surface area contributed by atoms with Crippen molar-refractivity contribution in [3.63, 3.8) is 0 Å². The highest BCUT2D eigenvalue weighted by molar-refractivity contribution is 6.05. The Balaban J connectivity index is 2.23. The average Bonchev–Trinajstić information content (AvgIpc) is 2.55. The van der Waals surface area contributed by atoms with E-state index in [0.29, 0.717) is 10.9 Å². The number of fused-ring (bicyclic) bond motifs is 1. The predicted octanol–water partition coefficient (Wildman–Crippen LogP) is 2.74. The fraction of sp³-hybridized carbons (Fsp3) is 0.111. The third-order valence-electron chi connectivity index (χ3n) is 3.81. The lowest BCUT2D eigenvalue weighted by atomic mass is 9.95. The number of hydrogen-bond acceptors (Lipinski definition) is 3. The quantitative estimate of drug-likeness (QED) is 0.781. The zero-order chi connectivity index (χ0) is 16.6. The third kappa shape index (κ3) is 2.66. The molecule has 1 amide bonds. The summed E-state index contributed by atoms with van der Waals surface area (Å²) in [6.07, 6.45) is 2.64. The second-order valence-electron chi connectivity index (χ2n) is 5.32. The number of nitrogens with zero attached hydrogens (tertiary/aromatic N) is 1. The number of rotatable bonds is 3. The number of benzene rings is 2. The van der Waals surface area contributed by atoms with E-state index < -0.39 is 11.7 Å². The normalized spacial score (nSPS) is 10.9. The van der Waals surface area contributed by atoms with Crippen LogP contribution in [0.3, 0.4) is 0 Å². The van der Waals surface area contributed by atoms with E-state index >= 15 is 0 Å². The Morgan fingerprint density at radius 1 is 1.35 bits per heavy atom. The molecule has 0 aliphatic rings. The first-order valence-corrected chi connectivity index (χ1v) is 7.02. The lowest BCUT2D eigenvalue weighted by molar-refractivity contribution is 0.0997. The summed E-state index contributed by atoms with van der Waals surface area (Å²) in [4.78, 5) is 15.4. The maximum absolute atomic E-state index is 14.0. The summed E-state index contributed by atoms with van der Waals surface area (Å²) in [5.74, 6) is -1.11. The summed E-state index contributed by atoms with van der Waals surface area (Å²) in [6.45, 7) is 1.49. The van der Waals surface area contributed by atoms with Crippen molar-refractivity contribution in [2.45, 2.75) is 13.5 Å². The first-order chi connectivity index (χ1) is 11.0. The molecule has 115 valence electrons. The standard InChI is InChI=1S/C18H14FN2O2/c1-10-6-13(9-22)16(19)8-14(10)12-3-2-11-4-5-21-17(18(20)23)15(11)7-12/h2-4,6-8,22H,9H2,1H3,(H2,20,23). The molecule has 3 N–H and O–H groups in total. The van der Waals surface area contributed by atoms with Gasteiger partial charge in [0.05, 0.1) is 12.8 Å². The van der Waals surface area contributed by atoms with E-state index in [4.69, 9.17) is 10.8 Å². The molecule has 4 nitrogen and oxygen atoms in total. The van der Waals surface area contributed by atoms with Gasteiger partial charge in [-0.25, -0.2) is 9.37 Å². The van der Waals surface area contributed by atoms with Crippen molar-refractivity contribution >= 4 is 16.7 Å². The van der Waals surface area contributed by atoms with Crippen LogP contribution in [0.4, 0.5) is 4.39 Å². The molecule has 5 heteroatoms. The van der Waals surface area contributed by atoms with Gasteiger partial charge in [0.25, 0.3) is 5.91 Å². The van der Waals surface area contributed by atoms with Gasteiger partial charge in [-0.05, 0) is 47.2 Å². The second kappa shape index (κ2) is 5.78. The van der Waals surface area contributed by atoms with Crippen LogP contribution in [0, 0.1) is 18.9 Å². The number of aromatic nitrogens is 1. The number of aliphatic hydroxyl groups excluding tert-OH is 1. The maximum Gasteiger partial charge on any atom is 0.267 e. The van der Waals surface area contributed by atoms with Crippen LogP contribution in [-0.4, -0.2) is 16.0 Å². The van der Waals surface area contributed by atoms with Gasteiger partial charge in [-0.1, -0.05) is 18.2 Å². The lowest BCUT2D eigenvalue weighted by Crippen LogP contribution is -2.13. The zero-order valence-corrected chi connectivity index (χ0v) is 12.4. The van der Waals surface area contributed by atoms with Gasteiger partial charge in [-0.15, -0.1) is 0 Å². The highest BCUT2D eigenvalue weighted by Gasteiger charge is 2.12. The molecule has 2 aromatic carbocycles. The van der Waals surface area contributed by atoms with Crippen LogP contribution >= 0.6 is 0 Å². The van der Waals surface area contributed by atoms with E-state index in [-0.39, 0.29) is 17.9 Å². The van der Waals surface area contributed by atoms with Crippen molar-refractivity contribution in [3.05, 3.63) is 65.2 Å². The summed E-state index contributed by atoms with van der Waals surface area (Å²) in [7, 11) is 0. The van der Waals surface area contributed by atoms with Gasteiger partial charge in [-0.2, -0.15) is 0 Å². The molecular formula is C18H14FN2O2. The summed E-state index contributed by atoms with van der Waals surface area (Å²) in [5, 5.41) is 10.5. The fourth-order valence-corrected chi connectivity index (χ4v) is 2.64. The Kier molecular flexibility index (Phi) is 3.80. The minimum atomic E-state index is -0.637. The average molecular weight is 309 g/mol. The van der Waals surface area contributed by atoms with E-state index in [1.165, 1.54) is 6.07 Å². The molecule has 0 unspecified atom stereocenters. The number of carbonyl (C=O) groups is 1. The minimum Gasteiger partial charge on any atom is -0.392 e. The summed E-state index contributed by atoms with van der Waals surface area (Å²) in [6, 6.07) is 10.1. The van der Waals surface area contributed by atoms with Crippen molar-refractivity contribution < 1.29 is 14.3 Å². The van der Waals surface area contributed by atoms with Gasteiger partial charge in [0.2, 0.25) is 0 Å². The first kappa shape index (κ1) is 15.1. The number of amides is 1. The number of aliphatic hydroxyl groups is 1. The molecule has 0 atom stereocenters. The summed E-state index contributed by atoms with van der Waals surface area (Å²) < 4.78 is 14.0. The molecule has 0 saturated carbocycles. The van der Waals surface area contributed by atoms with E-state index in [1.807, 2.05) is 19.1 Å². The van der Waals surface area contributed by atoms with E-state index in [0.717, 1.165) is 16.5 Å². The van der Waals surface area contributed by atoms with E-state index in [9.17, 15) is 9.18 Å². The molecule has 3 rings (SSSR count). The Bertz CT molecular complexity index is 922. The second-order valence-corrected chi connectivity index (χ2v) is 5.32. The molecule has 0 fully saturated rings. The number of carbonyl (C=O) groups excluding carboxylic acids is 1. The topological polar surface area (TPSA) is 76.2 Å². The van der Waals surface area contributed by atoms with Crippen LogP contribution in [0.1, 0.15) is 21.6 Å². The molecule has 1 aromatic heterocycles. The van der Waals surface area contributed by atoms with Crippen molar-refractivity contribution in [1.82, 2.24) is 4.98 Å². The largest absolute Gasteiger partial charge is 0.392 e. The number of primary amides is 1. The zero-order valence-electron chi connectivity index (χ0n) is 12.4. The SMILES string of the molecule is Cc1cc(CO)c(F)cc1-c1ccc2c[c]nc(C(N)=O)c2c1. The minimum absolute atomic E-state index is 0.134. The van der Waals surface area contributed by atoms with Gasteiger partial charge in [-0.3, -0.25) is 4.79 Å². The van der Waals surface area contributed by atoms with E-state index in [2.05, 4.69) is 11.2 Å². The molecule has 0 saturated heterocycles. The van der Waals surface area contributed by atoms with Crippen molar-refractivity contribution in [1.29, 1.82) is 0 Å². The Morgan fingerprint density at radius 2 is 2.13 bits per heavy atom. The fourth-order valence-electron chi connectivity index (χ4n) is 2.64. The summed E-state index contributed by atoms with van der Waals surface area (Å²) >= 11 is 0. The van der Waals surface area contributed by atoms with Crippen LogP contribution in [-0.2, 0) is 6.61 Å². The third-order valence-corrected chi connectivity index (χ3v) is 3.81. The molecule has 0 aliphatic heterocycles. The van der Waals surface area contributed by atoms with Crippen molar-refractivity contribution in [2.75, 3.05) is 0 Å². The van der Waals surface area contributed by atoms with E-state index in [1.54, 1.807) is 18.2 Å². The van der Waals surface area contributed by atoms with Crippen molar-refractivity contribution in [3.8, 4) is 11.1 Å². The number of hydrogen-bond donors (Lipinski definition) is 2. The highest BCUT2D eigenvalue weighted by Crippen LogP contribution is 2.29. The van der Waals surface area contributed by atoms with Crippen LogP contribution in [0.15, 0.2) is 36.4 Å². The van der Waals surface area contributed by atoms with Gasteiger partial charge in [0.1, 0.15) is 11.5 Å². The molecule has 0 aliphatic carbocycles. The Morgan fingerprint density at radius 3 is 2.83 bits per heavy atom. The van der Waals surface area contributed by atoms with Gasteiger partial charge in [0.15, 0.2) is 0 Å². The van der Waals surface area contributed by atoms with Crippen molar-refractivity contribution in [2.24, 2.45) is 5.73 Å². The number of halogens is 1. The highest BCUT2D eigenvalue weighted by atomic mass is 19.1. The Hall–Kier alpha value is -2.79. The number of aryl methyl sites for hydroxylation is 1. The number of pyridine rings is 1. The molecule has 0 spiro atoms. The molecule has 1 radical (unpaired) electrons. The molecule has 23 heavy (non-hydrogen) atoms. The lowest BCUT2D eigenvalue weighted by Gasteiger charge is -2.11. The van der Waals surface area contributed by atoms with Crippen LogP contribution in [0.5, 0.6) is 0 Å². The summed E-state index contributed by atoms with van der Waals surface area (Å²) in [5.41, 5.74) is 7.99. The molecule has 3 aromatic rings. The first-order valence-electron chi connectivity index (χ1n) is 7.02. The Labute approximate surface area is 132 Å². The van der Waals surface area contributed by atoms with Crippen LogP contribution in [0.25, 0.3) is 21.9 Å². The number of nitrogens with two attached hydrogens (primary N) is 1. The van der Waals surface area contributed by atoms with Crippen LogP contribution < -0.4 is 5.73 Å². The molecule has 1 heterocycles. The molecular weight excluding hydrogens is 295 g/mol. The van der Waals surface area contributed by atoms with Crippen LogP contribution in [0.2, 0.25) is 0 Å². The maximum atomic E-state index is 14.0. The predicted molar refractivity (Wildman–Crippen MR) is 85.2 cm³/mol. The smallest absolute Gasteiger partial charge is 0.267 e. The van der Waals surface area contributed by atoms with Gasteiger partial charge >= 0.3 is 0 Å². The van der Waals surface area contributed by atoms with Gasteiger partial charge in [0, 0.05) is 10.9 Å². The molecule has 0 bridgehead atoms. The monoisotopic (exact) mass is 309 g/mol.